The van der Waals surface area contributed by atoms with Gasteiger partial charge in [-0.05, 0) is 44.1 Å². The van der Waals surface area contributed by atoms with Crippen molar-refractivity contribution in [1.29, 1.82) is 0 Å². The zero-order valence-corrected chi connectivity index (χ0v) is 44.7. The fourth-order valence-corrected chi connectivity index (χ4v) is 8.15. The molecule has 0 aliphatic carbocycles. The van der Waals surface area contributed by atoms with Crippen LogP contribution in [0, 0.1) is 11.8 Å². The lowest BCUT2D eigenvalue weighted by Gasteiger charge is -2.26. The second-order valence-electron chi connectivity index (χ2n) is 19.5. The minimum atomic E-state index is -2.06. The van der Waals surface area contributed by atoms with E-state index >= 15 is 0 Å². The Morgan fingerprint density at radius 2 is 1.12 bits per heavy atom. The molecule has 19 N–H and O–H groups in total. The highest BCUT2D eigenvalue weighted by Gasteiger charge is 2.34. The lowest BCUT2D eigenvalue weighted by molar-refractivity contribution is -0.142. The number of aryl methyl sites for hydroxylation is 2. The Balaban J connectivity index is 1.75. The predicted molar refractivity (Wildman–Crippen MR) is 281 cm³/mol. The first-order chi connectivity index (χ1) is 38.7. The standard InChI is InChI=1S/C51H73N9O22/c1-2-31(63)29(11-14-38(70)53-20-34(66)43(75)45(77)36(68)22-61)58-48(79)26(9-16-41(73)74)17-33(65)30(12-15-39(71)54-21-35(67)44(76)46(78)37(69)23-62)57-40(72)13-8-27(50(81)82)18-32(64)25-6-3-24(4-7-25)5-10-28-19-55-47-42(56-28)49(80)60-51(52)59-47/h3-4,6-7,19,26-27,29-30,34-37,43-46,61-62,66-69,75-78H,2,5,8-18,20-23H2,1H3,(H,53,70)(H,54,71)(H,57,72)(H,58,79)(H,73,74)(H,81,82)(H3,52,55,59,60,80)/t26-,27-,29+,30+,34+,35+,36-,37-,43-,44-,45-,46-/m1/s1. The molecule has 0 bridgehead atoms. The minimum absolute atomic E-state index is 0.000385. The number of benzene rings is 1. The van der Waals surface area contributed by atoms with Gasteiger partial charge in [0.1, 0.15) is 36.6 Å². The van der Waals surface area contributed by atoms with Gasteiger partial charge < -0.3 is 88.3 Å². The van der Waals surface area contributed by atoms with Crippen molar-refractivity contribution in [1.82, 2.24) is 41.2 Å². The summed E-state index contributed by atoms with van der Waals surface area (Å²) in [7, 11) is 0. The maximum absolute atomic E-state index is 14.1. The number of amides is 4. The summed E-state index contributed by atoms with van der Waals surface area (Å²) in [6, 6.07) is 3.15. The molecule has 0 unspecified atom stereocenters. The van der Waals surface area contributed by atoms with Crippen LogP contribution in [0.15, 0.2) is 35.3 Å². The van der Waals surface area contributed by atoms with E-state index in [9.17, 15) is 99.0 Å². The van der Waals surface area contributed by atoms with E-state index in [-0.39, 0.29) is 35.5 Å². The van der Waals surface area contributed by atoms with E-state index in [1.807, 2.05) is 0 Å². The van der Waals surface area contributed by atoms with Gasteiger partial charge in [-0.15, -0.1) is 0 Å². The first-order valence-corrected chi connectivity index (χ1v) is 26.1. The Kier molecular flexibility index (Phi) is 28.7. The van der Waals surface area contributed by atoms with Gasteiger partial charge in [0.25, 0.3) is 5.56 Å². The molecule has 0 spiro atoms. The van der Waals surface area contributed by atoms with Crippen molar-refractivity contribution in [3.8, 4) is 0 Å². The third-order valence-corrected chi connectivity index (χ3v) is 13.2. The number of carbonyl (C=O) groups is 9. The lowest BCUT2D eigenvalue weighted by Crippen LogP contribution is -2.50. The summed E-state index contributed by atoms with van der Waals surface area (Å²) >= 11 is 0. The van der Waals surface area contributed by atoms with E-state index in [0.717, 1.165) is 5.56 Å². The fraction of sp³-hybridized carbons (Fsp3) is 0.588. The Labute approximate surface area is 467 Å². The number of fused-ring (bicyclic) bond motifs is 1. The number of aliphatic carboxylic acids is 2. The van der Waals surface area contributed by atoms with Crippen molar-refractivity contribution in [3.05, 3.63) is 57.6 Å². The average molecular weight is 1160 g/mol. The number of aromatic nitrogens is 4. The molecule has 0 radical (unpaired) electrons. The molecule has 0 saturated carbocycles. The van der Waals surface area contributed by atoms with Crippen molar-refractivity contribution in [2.45, 2.75) is 151 Å². The molecule has 3 rings (SSSR count). The van der Waals surface area contributed by atoms with Gasteiger partial charge in [-0.2, -0.15) is 4.98 Å². The number of carboxylic acid groups (broad SMARTS) is 2. The Morgan fingerprint density at radius 3 is 1.63 bits per heavy atom. The van der Waals surface area contributed by atoms with Crippen LogP contribution in [0.2, 0.25) is 0 Å². The average Bonchev–Trinajstić information content (AvgIpc) is 3.48. The van der Waals surface area contributed by atoms with E-state index in [2.05, 4.69) is 41.2 Å². The molecule has 0 aliphatic heterocycles. The molecule has 2 aromatic heterocycles. The maximum Gasteiger partial charge on any atom is 0.306 e. The van der Waals surface area contributed by atoms with Gasteiger partial charge in [-0.1, -0.05) is 31.2 Å². The van der Waals surface area contributed by atoms with Crippen LogP contribution in [0.25, 0.3) is 11.2 Å². The highest BCUT2D eigenvalue weighted by Crippen LogP contribution is 2.20. The van der Waals surface area contributed by atoms with Crippen molar-refractivity contribution in [3.63, 3.8) is 0 Å². The normalized spacial score (nSPS) is 15.9. The maximum atomic E-state index is 14.1. The van der Waals surface area contributed by atoms with Crippen molar-refractivity contribution >= 4 is 70.0 Å². The molecule has 454 valence electrons. The second-order valence-corrected chi connectivity index (χ2v) is 19.5. The Hall–Kier alpha value is -7.33. The molecular formula is C51H73N9O22. The van der Waals surface area contributed by atoms with Crippen LogP contribution in [0.5, 0.6) is 0 Å². The number of H-pyrrole nitrogens is 1. The number of carbonyl (C=O) groups excluding carboxylic acids is 7. The number of Topliss-reactive ketones (excluding diaryl/α,β-unsaturated/α-hetero) is 3. The summed E-state index contributed by atoms with van der Waals surface area (Å²) in [5.41, 5.74) is 6.43. The number of aliphatic hydroxyl groups is 10. The number of ketones is 3. The number of anilines is 1. The number of hydrogen-bond donors (Lipinski definition) is 18. The third-order valence-electron chi connectivity index (χ3n) is 13.2. The van der Waals surface area contributed by atoms with Crippen LogP contribution in [0.3, 0.4) is 0 Å². The topological polar surface area (TPSA) is 542 Å². The second kappa shape index (κ2) is 34.2. The van der Waals surface area contributed by atoms with E-state index in [1.54, 1.807) is 12.1 Å². The summed E-state index contributed by atoms with van der Waals surface area (Å²) in [4.78, 5) is 145. The Bertz CT molecular complexity index is 2710. The molecule has 3 aromatic rings. The quantitative estimate of drug-likeness (QED) is 0.0237. The molecule has 12 atom stereocenters. The molecule has 0 aliphatic rings. The Morgan fingerprint density at radius 1 is 0.610 bits per heavy atom. The molecule has 2 heterocycles. The van der Waals surface area contributed by atoms with Crippen LogP contribution >= 0.6 is 0 Å². The van der Waals surface area contributed by atoms with Gasteiger partial charge >= 0.3 is 11.9 Å². The highest BCUT2D eigenvalue weighted by atomic mass is 16.4. The number of nitrogen functional groups attached to an aromatic ring is 1. The van der Waals surface area contributed by atoms with E-state index in [1.165, 1.54) is 25.3 Å². The van der Waals surface area contributed by atoms with Crippen LogP contribution < -0.4 is 32.6 Å². The van der Waals surface area contributed by atoms with Crippen LogP contribution in [0.1, 0.15) is 99.2 Å². The summed E-state index contributed by atoms with van der Waals surface area (Å²) in [6.45, 7) is -1.90. The van der Waals surface area contributed by atoms with Gasteiger partial charge in [0.05, 0.1) is 55.3 Å². The molecular weight excluding hydrogens is 1090 g/mol. The molecule has 4 amide bonds. The zero-order valence-electron chi connectivity index (χ0n) is 44.7. The van der Waals surface area contributed by atoms with Gasteiger partial charge in [-0.3, -0.25) is 52.9 Å². The number of carboxylic acids is 2. The molecule has 31 nitrogen and oxygen atoms in total. The minimum Gasteiger partial charge on any atom is -0.481 e. The van der Waals surface area contributed by atoms with Crippen LogP contribution in [-0.2, 0) is 51.2 Å². The van der Waals surface area contributed by atoms with E-state index in [4.69, 9.17) is 15.9 Å². The van der Waals surface area contributed by atoms with Gasteiger partial charge in [0, 0.05) is 69.5 Å². The van der Waals surface area contributed by atoms with Gasteiger partial charge in [0.15, 0.2) is 28.5 Å². The molecule has 82 heavy (non-hydrogen) atoms. The highest BCUT2D eigenvalue weighted by molar-refractivity contribution is 5.98. The predicted octanol–water partition coefficient (Wildman–Crippen LogP) is -5.81. The summed E-state index contributed by atoms with van der Waals surface area (Å²) in [5.74, 6) is -11.8. The van der Waals surface area contributed by atoms with Crippen molar-refractivity contribution in [2.75, 3.05) is 32.0 Å². The van der Waals surface area contributed by atoms with Gasteiger partial charge in [-0.25, -0.2) is 9.97 Å². The fourth-order valence-electron chi connectivity index (χ4n) is 8.15. The number of nitrogens with two attached hydrogens (primary N) is 1. The molecule has 0 fully saturated rings. The zero-order chi connectivity index (χ0) is 61.4. The smallest absolute Gasteiger partial charge is 0.306 e. The van der Waals surface area contributed by atoms with Crippen molar-refractivity contribution in [2.24, 2.45) is 11.8 Å². The van der Waals surface area contributed by atoms with Crippen LogP contribution in [-0.4, -0.2) is 221 Å². The first kappa shape index (κ1) is 68.9. The number of rotatable bonds is 39. The summed E-state index contributed by atoms with van der Waals surface area (Å²) in [5, 5.41) is 126. The van der Waals surface area contributed by atoms with Crippen LogP contribution in [0.4, 0.5) is 5.95 Å². The first-order valence-electron chi connectivity index (χ1n) is 26.1. The SMILES string of the molecule is CCC(=O)[C@H](CCC(=O)NC[C@H](O)[C@@H](O)[C@H](O)[C@H](O)CO)NC(=O)[C@H](CCC(=O)O)CC(=O)[C@H](CCC(=O)NC[C@H](O)[C@@H](O)[C@H](O)[C@H](O)CO)NC(=O)CC[C@H](CC(=O)c1ccc(CCc2cnc3nc(N)[nH]c(=O)c3n2)cc1)C(=O)O. The van der Waals surface area contributed by atoms with Gasteiger partial charge in [0.2, 0.25) is 29.6 Å². The molecule has 31 heteroatoms. The van der Waals surface area contributed by atoms with E-state index < -0.39 is 215 Å². The summed E-state index contributed by atoms with van der Waals surface area (Å²) in [6.07, 6.45) is -19.2. The number of hydrogen-bond acceptors (Lipinski definition) is 24. The largest absolute Gasteiger partial charge is 0.481 e. The number of aromatic amines is 1. The molecule has 0 saturated heterocycles. The number of aliphatic hydroxyl groups excluding tert-OH is 10. The molecule has 1 aromatic carbocycles. The monoisotopic (exact) mass is 1160 g/mol. The van der Waals surface area contributed by atoms with Crippen molar-refractivity contribution < 1.29 is 104 Å². The number of nitrogens with one attached hydrogen (secondary N) is 5. The lowest BCUT2D eigenvalue weighted by atomic mass is 9.90. The third kappa shape index (κ3) is 22.5. The number of nitrogens with zero attached hydrogens (tertiary/aromatic N) is 3. The van der Waals surface area contributed by atoms with E-state index in [0.29, 0.717) is 18.5 Å². The summed E-state index contributed by atoms with van der Waals surface area (Å²) < 4.78 is 0.